The van der Waals surface area contributed by atoms with Crippen LogP contribution in [0.15, 0.2) is 47.4 Å². The fraction of sp³-hybridized carbons (Fsp3) is 0.188. The molecule has 2 aromatic rings. The molecule has 126 valence electrons. The first kappa shape index (κ1) is 17.6. The summed E-state index contributed by atoms with van der Waals surface area (Å²) in [6.45, 7) is 2.99. The molecule has 0 bridgehead atoms. The summed E-state index contributed by atoms with van der Waals surface area (Å²) in [5, 5.41) is 13.5. The third-order valence-electron chi connectivity index (χ3n) is 3.60. The van der Waals surface area contributed by atoms with E-state index in [4.69, 9.17) is 0 Å². The number of rotatable bonds is 5. The highest BCUT2D eigenvalue weighted by molar-refractivity contribution is 7.91. The van der Waals surface area contributed by atoms with Crippen molar-refractivity contribution in [3.05, 3.63) is 63.7 Å². The van der Waals surface area contributed by atoms with Crippen molar-refractivity contribution in [2.24, 2.45) is 0 Å². The number of sulfone groups is 1. The molecule has 0 heterocycles. The van der Waals surface area contributed by atoms with Gasteiger partial charge in [0, 0.05) is 17.2 Å². The van der Waals surface area contributed by atoms with Gasteiger partial charge >= 0.3 is 0 Å². The fourth-order valence-corrected chi connectivity index (χ4v) is 3.30. The number of nitrogens with zero attached hydrogens (tertiary/aromatic N) is 1. The normalized spacial score (nSPS) is 11.1. The van der Waals surface area contributed by atoms with Crippen molar-refractivity contribution < 1.29 is 18.1 Å². The number of nitro benzene ring substituents is 1. The van der Waals surface area contributed by atoms with Crippen LogP contribution in [0.2, 0.25) is 0 Å². The van der Waals surface area contributed by atoms with Gasteiger partial charge in [0.2, 0.25) is 0 Å². The van der Waals surface area contributed by atoms with Gasteiger partial charge in [-0.25, -0.2) is 8.42 Å². The molecular weight excluding hydrogens is 332 g/mol. The second kappa shape index (κ2) is 6.79. The van der Waals surface area contributed by atoms with E-state index in [-0.39, 0.29) is 33.2 Å². The van der Waals surface area contributed by atoms with Crippen LogP contribution in [0, 0.1) is 17.0 Å². The van der Waals surface area contributed by atoms with Crippen LogP contribution in [0.3, 0.4) is 0 Å². The quantitative estimate of drug-likeness (QED) is 0.660. The lowest BCUT2D eigenvalue weighted by Crippen LogP contribution is -2.17. The lowest BCUT2D eigenvalue weighted by Gasteiger charge is -2.12. The van der Waals surface area contributed by atoms with Gasteiger partial charge in [-0.1, -0.05) is 25.1 Å². The maximum Gasteiger partial charge on any atom is 0.273 e. The Balaban J connectivity index is 2.43. The van der Waals surface area contributed by atoms with Crippen LogP contribution in [-0.2, 0) is 9.84 Å². The second-order valence-electron chi connectivity index (χ2n) is 5.06. The Hall–Kier alpha value is -2.74. The molecule has 2 rings (SSSR count). The zero-order chi connectivity index (χ0) is 17.9. The molecule has 0 aliphatic rings. The summed E-state index contributed by atoms with van der Waals surface area (Å²) in [5.41, 5.74) is 0.316. The molecule has 7 nitrogen and oxygen atoms in total. The van der Waals surface area contributed by atoms with Gasteiger partial charge < -0.3 is 5.32 Å². The summed E-state index contributed by atoms with van der Waals surface area (Å²) in [6.07, 6.45) is 0. The molecule has 0 aliphatic carbocycles. The highest BCUT2D eigenvalue weighted by atomic mass is 32.2. The van der Waals surface area contributed by atoms with E-state index in [2.05, 4.69) is 5.32 Å². The zero-order valence-electron chi connectivity index (χ0n) is 13.1. The molecular formula is C16H16N2O5S. The number of benzene rings is 2. The van der Waals surface area contributed by atoms with Gasteiger partial charge in [0.25, 0.3) is 11.6 Å². The molecule has 0 saturated heterocycles. The predicted octanol–water partition coefficient (Wildman–Crippen LogP) is 2.95. The third-order valence-corrected chi connectivity index (χ3v) is 5.38. The average Bonchev–Trinajstić information content (AvgIpc) is 2.55. The molecule has 0 saturated carbocycles. The first-order valence-corrected chi connectivity index (χ1v) is 8.80. The van der Waals surface area contributed by atoms with E-state index in [1.165, 1.54) is 44.2 Å². The number of carbonyl (C=O) groups excluding carboxylic acids is 1. The largest absolute Gasteiger partial charge is 0.321 e. The maximum atomic E-state index is 12.4. The van der Waals surface area contributed by atoms with Crippen molar-refractivity contribution in [3.63, 3.8) is 0 Å². The lowest BCUT2D eigenvalue weighted by molar-refractivity contribution is -0.385. The van der Waals surface area contributed by atoms with E-state index < -0.39 is 20.7 Å². The SMILES string of the molecule is CCS(=O)(=O)c1ccccc1NC(=O)c1cccc([N+](=O)[O-])c1C. The van der Waals surface area contributed by atoms with Gasteiger partial charge in [0.15, 0.2) is 9.84 Å². The summed E-state index contributed by atoms with van der Waals surface area (Å²) >= 11 is 0. The first-order valence-electron chi connectivity index (χ1n) is 7.15. The monoisotopic (exact) mass is 348 g/mol. The molecule has 1 amide bonds. The average molecular weight is 348 g/mol. The van der Waals surface area contributed by atoms with Crippen LogP contribution in [0.4, 0.5) is 11.4 Å². The number of amides is 1. The number of hydrogen-bond donors (Lipinski definition) is 1. The highest BCUT2D eigenvalue weighted by Gasteiger charge is 2.21. The van der Waals surface area contributed by atoms with Gasteiger partial charge in [-0.3, -0.25) is 14.9 Å². The van der Waals surface area contributed by atoms with Crippen molar-refractivity contribution in [3.8, 4) is 0 Å². The van der Waals surface area contributed by atoms with E-state index in [9.17, 15) is 23.3 Å². The Morgan fingerprint density at radius 3 is 2.46 bits per heavy atom. The molecule has 8 heteroatoms. The fourth-order valence-electron chi connectivity index (χ4n) is 2.25. The molecule has 0 radical (unpaired) electrons. The molecule has 0 atom stereocenters. The summed E-state index contributed by atoms with van der Waals surface area (Å²) in [6, 6.07) is 10.2. The van der Waals surface area contributed by atoms with Crippen molar-refractivity contribution in [1.29, 1.82) is 0 Å². The van der Waals surface area contributed by atoms with Crippen molar-refractivity contribution in [1.82, 2.24) is 0 Å². The number of carbonyl (C=O) groups is 1. The minimum atomic E-state index is -3.51. The summed E-state index contributed by atoms with van der Waals surface area (Å²) in [7, 11) is -3.51. The number of nitro groups is 1. The third kappa shape index (κ3) is 3.43. The van der Waals surface area contributed by atoms with Gasteiger partial charge in [-0.15, -0.1) is 0 Å². The zero-order valence-corrected chi connectivity index (χ0v) is 14.0. The smallest absolute Gasteiger partial charge is 0.273 e. The molecule has 0 aromatic heterocycles. The van der Waals surface area contributed by atoms with Crippen molar-refractivity contribution >= 4 is 27.1 Å². The Morgan fingerprint density at radius 2 is 1.83 bits per heavy atom. The molecule has 0 aliphatic heterocycles. The molecule has 1 N–H and O–H groups in total. The molecule has 0 unspecified atom stereocenters. The van der Waals surface area contributed by atoms with Crippen LogP contribution in [0.5, 0.6) is 0 Å². The van der Waals surface area contributed by atoms with E-state index in [0.717, 1.165) is 0 Å². The Morgan fingerprint density at radius 1 is 1.17 bits per heavy atom. The number of anilines is 1. The minimum Gasteiger partial charge on any atom is -0.321 e. The van der Waals surface area contributed by atoms with E-state index in [1.54, 1.807) is 12.1 Å². The Kier molecular flexibility index (Phi) is 4.99. The van der Waals surface area contributed by atoms with Crippen LogP contribution in [-0.4, -0.2) is 25.0 Å². The van der Waals surface area contributed by atoms with E-state index in [1.807, 2.05) is 0 Å². The molecule has 0 fully saturated rings. The van der Waals surface area contributed by atoms with Gasteiger partial charge in [0.1, 0.15) is 0 Å². The maximum absolute atomic E-state index is 12.4. The van der Waals surface area contributed by atoms with Gasteiger partial charge in [-0.2, -0.15) is 0 Å². The Bertz CT molecular complexity index is 906. The summed E-state index contributed by atoms with van der Waals surface area (Å²) < 4.78 is 24.2. The minimum absolute atomic E-state index is 0.0175. The first-order chi connectivity index (χ1) is 11.3. The van der Waals surface area contributed by atoms with Crippen molar-refractivity contribution in [2.45, 2.75) is 18.7 Å². The standard InChI is InChI=1S/C16H16N2O5S/c1-3-24(22,23)15-10-5-4-8-13(15)17-16(19)12-7-6-9-14(11(12)2)18(20)21/h4-10H,3H2,1-2H3,(H,17,19). The van der Waals surface area contributed by atoms with Crippen LogP contribution in [0.1, 0.15) is 22.8 Å². The van der Waals surface area contributed by atoms with Gasteiger partial charge in [0.05, 0.1) is 21.3 Å². The van der Waals surface area contributed by atoms with Gasteiger partial charge in [-0.05, 0) is 25.1 Å². The van der Waals surface area contributed by atoms with E-state index >= 15 is 0 Å². The predicted molar refractivity (Wildman–Crippen MR) is 90.0 cm³/mol. The molecule has 24 heavy (non-hydrogen) atoms. The molecule has 2 aromatic carbocycles. The topological polar surface area (TPSA) is 106 Å². The number of nitrogens with one attached hydrogen (secondary N) is 1. The van der Waals surface area contributed by atoms with Crippen LogP contribution >= 0.6 is 0 Å². The summed E-state index contributed by atoms with van der Waals surface area (Å²) in [4.78, 5) is 22.9. The summed E-state index contributed by atoms with van der Waals surface area (Å²) in [5.74, 6) is -0.703. The second-order valence-corrected chi connectivity index (χ2v) is 7.31. The Labute approximate surface area is 139 Å². The van der Waals surface area contributed by atoms with Crippen LogP contribution < -0.4 is 5.32 Å². The number of hydrogen-bond acceptors (Lipinski definition) is 5. The van der Waals surface area contributed by atoms with Crippen LogP contribution in [0.25, 0.3) is 0 Å². The van der Waals surface area contributed by atoms with Crippen molar-refractivity contribution in [2.75, 3.05) is 11.1 Å². The highest BCUT2D eigenvalue weighted by Crippen LogP contribution is 2.25. The lowest BCUT2D eigenvalue weighted by atomic mass is 10.1. The van der Waals surface area contributed by atoms with E-state index in [0.29, 0.717) is 0 Å². The number of para-hydroxylation sites is 1. The molecule has 0 spiro atoms.